The van der Waals surface area contributed by atoms with Crippen molar-refractivity contribution in [2.45, 2.75) is 32.4 Å². The minimum absolute atomic E-state index is 0.384. The first-order valence-corrected chi connectivity index (χ1v) is 6.81. The molecule has 0 aliphatic heterocycles. The molecule has 0 radical (unpaired) electrons. The lowest BCUT2D eigenvalue weighted by Gasteiger charge is -2.12. The van der Waals surface area contributed by atoms with Crippen LogP contribution in [0, 0.1) is 0 Å². The lowest BCUT2D eigenvalue weighted by atomic mass is 10.2. The molecule has 0 amide bonds. The molecule has 3 nitrogen and oxygen atoms in total. The Morgan fingerprint density at radius 3 is 2.89 bits per heavy atom. The predicted octanol–water partition coefficient (Wildman–Crippen LogP) is 2.61. The van der Waals surface area contributed by atoms with Crippen molar-refractivity contribution >= 4 is 11.6 Å². The van der Waals surface area contributed by atoms with Gasteiger partial charge in [-0.1, -0.05) is 43.1 Å². The van der Waals surface area contributed by atoms with Crippen LogP contribution in [0.25, 0.3) is 0 Å². The van der Waals surface area contributed by atoms with Gasteiger partial charge in [0.25, 0.3) is 0 Å². The summed E-state index contributed by atoms with van der Waals surface area (Å²) in [5.74, 6) is 0. The normalized spacial score (nSPS) is 12.6. The van der Waals surface area contributed by atoms with E-state index in [9.17, 15) is 5.11 Å². The van der Waals surface area contributed by atoms with Gasteiger partial charge in [-0.15, -0.1) is 0 Å². The molecular weight excluding hydrogens is 250 g/mol. The van der Waals surface area contributed by atoms with Gasteiger partial charge in [0, 0.05) is 24.7 Å². The van der Waals surface area contributed by atoms with Gasteiger partial charge in [0.2, 0.25) is 0 Å². The first-order chi connectivity index (χ1) is 8.74. The number of aliphatic hydroxyl groups is 1. The molecule has 1 unspecified atom stereocenters. The van der Waals surface area contributed by atoms with E-state index in [0.717, 1.165) is 30.0 Å². The fourth-order valence-electron chi connectivity index (χ4n) is 1.54. The predicted molar refractivity (Wildman–Crippen MR) is 74.9 cm³/mol. The van der Waals surface area contributed by atoms with Crippen molar-refractivity contribution in [2.24, 2.45) is 0 Å². The summed E-state index contributed by atoms with van der Waals surface area (Å²) >= 11 is 6.03. The van der Waals surface area contributed by atoms with Crippen LogP contribution < -0.4 is 5.32 Å². The Balaban J connectivity index is 2.12. The Kier molecular flexibility index (Phi) is 8.01. The molecule has 0 aliphatic rings. The highest BCUT2D eigenvalue weighted by Crippen LogP contribution is 2.14. The van der Waals surface area contributed by atoms with Gasteiger partial charge in [0.15, 0.2) is 0 Å². The molecule has 0 aromatic heterocycles. The van der Waals surface area contributed by atoms with Gasteiger partial charge in [-0.05, 0) is 18.1 Å². The Morgan fingerprint density at radius 2 is 2.17 bits per heavy atom. The molecule has 102 valence electrons. The van der Waals surface area contributed by atoms with Gasteiger partial charge < -0.3 is 15.2 Å². The second kappa shape index (κ2) is 9.34. The molecule has 18 heavy (non-hydrogen) atoms. The summed E-state index contributed by atoms with van der Waals surface area (Å²) in [5.41, 5.74) is 1.04. The third kappa shape index (κ3) is 6.36. The topological polar surface area (TPSA) is 41.5 Å². The van der Waals surface area contributed by atoms with Crippen LogP contribution in [0.5, 0.6) is 0 Å². The molecule has 0 fully saturated rings. The highest BCUT2D eigenvalue weighted by Gasteiger charge is 2.04. The van der Waals surface area contributed by atoms with Crippen molar-refractivity contribution in [3.8, 4) is 0 Å². The molecule has 0 saturated heterocycles. The molecule has 0 bridgehead atoms. The number of hydrogen-bond donors (Lipinski definition) is 2. The van der Waals surface area contributed by atoms with Crippen molar-refractivity contribution in [2.75, 3.05) is 19.8 Å². The van der Waals surface area contributed by atoms with Gasteiger partial charge in [-0.2, -0.15) is 0 Å². The van der Waals surface area contributed by atoms with Gasteiger partial charge in [-0.25, -0.2) is 0 Å². The van der Waals surface area contributed by atoms with E-state index in [-0.39, 0.29) is 0 Å². The molecule has 0 heterocycles. The second-order valence-corrected chi connectivity index (χ2v) is 4.71. The van der Waals surface area contributed by atoms with E-state index in [1.807, 2.05) is 24.3 Å². The Labute approximate surface area is 114 Å². The monoisotopic (exact) mass is 271 g/mol. The van der Waals surface area contributed by atoms with E-state index in [1.165, 1.54) is 0 Å². The summed E-state index contributed by atoms with van der Waals surface area (Å²) in [5, 5.41) is 13.6. The molecule has 4 heteroatoms. The molecule has 1 aromatic rings. The van der Waals surface area contributed by atoms with Gasteiger partial charge in [0.1, 0.15) is 0 Å². The number of unbranched alkanes of at least 4 members (excludes halogenated alkanes) is 1. The fourth-order valence-corrected chi connectivity index (χ4v) is 1.74. The quantitative estimate of drug-likeness (QED) is 0.679. The van der Waals surface area contributed by atoms with Crippen LogP contribution in [0.15, 0.2) is 24.3 Å². The lowest BCUT2D eigenvalue weighted by Crippen LogP contribution is -2.30. The zero-order chi connectivity index (χ0) is 13.2. The number of rotatable bonds is 9. The fraction of sp³-hybridized carbons (Fsp3) is 0.571. The molecule has 1 atom stereocenters. The van der Waals surface area contributed by atoms with Crippen LogP contribution in [0.2, 0.25) is 5.02 Å². The lowest BCUT2D eigenvalue weighted by molar-refractivity contribution is 0.0358. The number of benzene rings is 1. The van der Waals surface area contributed by atoms with Crippen LogP contribution in [0.4, 0.5) is 0 Å². The number of hydrogen-bond acceptors (Lipinski definition) is 3. The highest BCUT2D eigenvalue weighted by atomic mass is 35.5. The van der Waals surface area contributed by atoms with Crippen molar-refractivity contribution in [1.82, 2.24) is 5.32 Å². The van der Waals surface area contributed by atoms with Crippen molar-refractivity contribution in [3.63, 3.8) is 0 Å². The zero-order valence-electron chi connectivity index (χ0n) is 10.9. The van der Waals surface area contributed by atoms with Crippen molar-refractivity contribution < 1.29 is 9.84 Å². The zero-order valence-corrected chi connectivity index (χ0v) is 11.6. The first kappa shape index (κ1) is 15.4. The van der Waals surface area contributed by atoms with Crippen LogP contribution in [0.1, 0.15) is 25.3 Å². The maximum atomic E-state index is 9.68. The molecule has 0 aliphatic carbocycles. The third-order valence-corrected chi connectivity index (χ3v) is 2.97. The standard InChI is InChI=1S/C14H22ClNO2/c1-2-3-8-18-11-13(17)10-16-9-12-6-4-5-7-14(12)15/h4-7,13,16-17H,2-3,8-11H2,1H3. The minimum Gasteiger partial charge on any atom is -0.389 e. The maximum absolute atomic E-state index is 9.68. The molecule has 1 rings (SSSR count). The summed E-state index contributed by atoms with van der Waals surface area (Å²) in [7, 11) is 0. The van der Waals surface area contributed by atoms with E-state index in [1.54, 1.807) is 0 Å². The Morgan fingerprint density at radius 1 is 1.39 bits per heavy atom. The summed E-state index contributed by atoms with van der Waals surface area (Å²) in [6.07, 6.45) is 1.69. The molecule has 0 saturated carbocycles. The van der Waals surface area contributed by atoms with Gasteiger partial charge in [-0.3, -0.25) is 0 Å². The van der Waals surface area contributed by atoms with Crippen LogP contribution in [-0.4, -0.2) is 31.0 Å². The van der Waals surface area contributed by atoms with Crippen molar-refractivity contribution in [3.05, 3.63) is 34.9 Å². The van der Waals surface area contributed by atoms with Gasteiger partial charge >= 0.3 is 0 Å². The Hall–Kier alpha value is -0.610. The van der Waals surface area contributed by atoms with Crippen molar-refractivity contribution in [1.29, 1.82) is 0 Å². The van der Waals surface area contributed by atoms with E-state index in [0.29, 0.717) is 19.7 Å². The SMILES string of the molecule is CCCCOCC(O)CNCc1ccccc1Cl. The van der Waals surface area contributed by atoms with E-state index >= 15 is 0 Å². The second-order valence-electron chi connectivity index (χ2n) is 4.30. The summed E-state index contributed by atoms with van der Waals surface area (Å²) < 4.78 is 5.35. The van der Waals surface area contributed by atoms with Gasteiger partial charge in [0.05, 0.1) is 12.7 Å². The molecule has 0 spiro atoms. The first-order valence-electron chi connectivity index (χ1n) is 6.44. The van der Waals surface area contributed by atoms with E-state index in [4.69, 9.17) is 16.3 Å². The minimum atomic E-state index is -0.468. The van der Waals surface area contributed by atoms with E-state index in [2.05, 4.69) is 12.2 Å². The average Bonchev–Trinajstić information content (AvgIpc) is 2.37. The molecule has 1 aromatic carbocycles. The van der Waals surface area contributed by atoms with Crippen LogP contribution in [-0.2, 0) is 11.3 Å². The summed E-state index contributed by atoms with van der Waals surface area (Å²) in [6.45, 7) is 4.39. The number of ether oxygens (including phenoxy) is 1. The summed E-state index contributed by atoms with van der Waals surface area (Å²) in [6, 6.07) is 7.69. The smallest absolute Gasteiger partial charge is 0.0897 e. The molecular formula is C14H22ClNO2. The third-order valence-electron chi connectivity index (χ3n) is 2.61. The Bertz CT molecular complexity index is 333. The molecule has 2 N–H and O–H groups in total. The van der Waals surface area contributed by atoms with E-state index < -0.39 is 6.10 Å². The number of halogens is 1. The van der Waals surface area contributed by atoms with Crippen LogP contribution in [0.3, 0.4) is 0 Å². The summed E-state index contributed by atoms with van der Waals surface area (Å²) in [4.78, 5) is 0. The average molecular weight is 272 g/mol. The number of aliphatic hydroxyl groups excluding tert-OH is 1. The largest absolute Gasteiger partial charge is 0.389 e. The number of nitrogens with one attached hydrogen (secondary N) is 1. The highest BCUT2D eigenvalue weighted by molar-refractivity contribution is 6.31. The maximum Gasteiger partial charge on any atom is 0.0897 e. The van der Waals surface area contributed by atoms with Crippen LogP contribution >= 0.6 is 11.6 Å².